The van der Waals surface area contributed by atoms with E-state index in [0.717, 1.165) is 40.2 Å². The summed E-state index contributed by atoms with van der Waals surface area (Å²) in [5.74, 6) is 1.36. The molecule has 2 aromatic heterocycles. The highest BCUT2D eigenvalue weighted by Crippen LogP contribution is 2.35. The number of rotatable bonds is 15. The smallest absolute Gasteiger partial charge is 0.407 e. The Labute approximate surface area is 263 Å². The molecule has 0 radical (unpaired) electrons. The number of piperidine rings is 1. The van der Waals surface area contributed by atoms with Gasteiger partial charge in [0.1, 0.15) is 11.5 Å². The molecule has 0 bridgehead atoms. The highest BCUT2D eigenvalue weighted by Gasteiger charge is 2.41. The van der Waals surface area contributed by atoms with Gasteiger partial charge in [-0.05, 0) is 59.2 Å². The van der Waals surface area contributed by atoms with E-state index in [2.05, 4.69) is 9.97 Å². The van der Waals surface area contributed by atoms with E-state index in [1.165, 1.54) is 4.90 Å². The van der Waals surface area contributed by atoms with Crippen molar-refractivity contribution in [3.63, 3.8) is 0 Å². The van der Waals surface area contributed by atoms with E-state index in [4.69, 9.17) is 23.7 Å². The van der Waals surface area contributed by atoms with Gasteiger partial charge in [-0.2, -0.15) is 0 Å². The maximum absolute atomic E-state index is 12.1. The van der Waals surface area contributed by atoms with E-state index >= 15 is 0 Å². The molecule has 10 nitrogen and oxygen atoms in total. The molecule has 1 saturated heterocycles. The lowest BCUT2D eigenvalue weighted by Crippen LogP contribution is -2.54. The fraction of sp³-hybridized carbons (Fsp3) is 0.343. The number of likely N-dealkylation sites (tertiary alicyclic amines) is 1. The highest BCUT2D eigenvalue weighted by atomic mass is 16.5. The summed E-state index contributed by atoms with van der Waals surface area (Å²) >= 11 is 0. The van der Waals surface area contributed by atoms with Gasteiger partial charge >= 0.3 is 6.09 Å². The van der Waals surface area contributed by atoms with Gasteiger partial charge in [-0.15, -0.1) is 0 Å². The summed E-state index contributed by atoms with van der Waals surface area (Å²) in [7, 11) is 1.66. The van der Waals surface area contributed by atoms with Gasteiger partial charge in [0.25, 0.3) is 0 Å². The molecule has 1 aliphatic rings. The molecule has 2 aromatic carbocycles. The average Bonchev–Trinajstić information content (AvgIpc) is 3.09. The van der Waals surface area contributed by atoms with Gasteiger partial charge in [-0.25, -0.2) is 4.79 Å². The molecule has 4 aromatic rings. The number of hydrogen-bond donors (Lipinski definition) is 1. The van der Waals surface area contributed by atoms with Crippen LogP contribution in [0.2, 0.25) is 0 Å². The Kier molecular flexibility index (Phi) is 11.7. The number of benzene rings is 2. The third-order valence-electron chi connectivity index (χ3n) is 7.72. The van der Waals surface area contributed by atoms with Crippen LogP contribution in [0, 0.1) is 0 Å². The molecule has 1 amide bonds. The topological polar surface area (TPSA) is 112 Å². The van der Waals surface area contributed by atoms with Crippen LogP contribution in [0.4, 0.5) is 4.79 Å². The van der Waals surface area contributed by atoms with Gasteiger partial charge in [0, 0.05) is 42.7 Å². The van der Waals surface area contributed by atoms with E-state index in [-0.39, 0.29) is 19.0 Å². The molecule has 0 aliphatic carbocycles. The van der Waals surface area contributed by atoms with Crippen molar-refractivity contribution < 1.29 is 33.6 Å². The second-order valence-electron chi connectivity index (χ2n) is 10.8. The summed E-state index contributed by atoms with van der Waals surface area (Å²) < 4.78 is 30.0. The zero-order valence-electron chi connectivity index (χ0n) is 25.4. The van der Waals surface area contributed by atoms with Crippen LogP contribution in [-0.4, -0.2) is 71.7 Å². The number of ether oxygens (including phenoxy) is 5. The maximum atomic E-state index is 12.1. The standard InChI is InChI=1S/C35H39N3O7/c1-41-31-6-3-2-5-29(31)25-42-19-4-20-43-30-9-7-28(8-10-30)34-32(44-23-26-11-15-36-16-12-26)21-38(35(39)40)22-33(34)45-24-27-13-17-37-18-14-27/h2-3,5-18,32-34H,4,19-25H2,1H3,(H,39,40). The predicted molar refractivity (Wildman–Crippen MR) is 167 cm³/mol. The molecule has 1 fully saturated rings. The Bertz CT molecular complexity index is 1400. The monoisotopic (exact) mass is 613 g/mol. The lowest BCUT2D eigenvalue weighted by molar-refractivity contribution is -0.0937. The summed E-state index contributed by atoms with van der Waals surface area (Å²) in [4.78, 5) is 21.6. The van der Waals surface area contributed by atoms with Crippen LogP contribution in [-0.2, 0) is 34.0 Å². The van der Waals surface area contributed by atoms with E-state index in [0.29, 0.717) is 33.0 Å². The minimum absolute atomic E-state index is 0.207. The number of carboxylic acid groups (broad SMARTS) is 1. The molecule has 1 aliphatic heterocycles. The summed E-state index contributed by atoms with van der Waals surface area (Å²) in [6, 6.07) is 23.3. The number of hydrogen-bond acceptors (Lipinski definition) is 8. The summed E-state index contributed by atoms with van der Waals surface area (Å²) in [5, 5.41) is 9.92. The first-order valence-electron chi connectivity index (χ1n) is 15.0. The van der Waals surface area contributed by atoms with Crippen molar-refractivity contribution in [2.75, 3.05) is 33.4 Å². The largest absolute Gasteiger partial charge is 0.496 e. The van der Waals surface area contributed by atoms with Crippen LogP contribution in [0.5, 0.6) is 11.5 Å². The van der Waals surface area contributed by atoms with Crippen molar-refractivity contribution >= 4 is 6.09 Å². The Morgan fingerprint density at radius 1 is 0.800 bits per heavy atom. The second-order valence-corrected chi connectivity index (χ2v) is 10.8. The third kappa shape index (κ3) is 9.24. The zero-order valence-corrected chi connectivity index (χ0v) is 25.4. The third-order valence-corrected chi connectivity index (χ3v) is 7.72. The van der Waals surface area contributed by atoms with E-state index in [1.54, 1.807) is 31.9 Å². The number of amides is 1. The molecule has 5 rings (SSSR count). The summed E-state index contributed by atoms with van der Waals surface area (Å²) in [5.41, 5.74) is 3.92. The first kappa shape index (κ1) is 31.9. The number of carbonyl (C=O) groups is 1. The van der Waals surface area contributed by atoms with Gasteiger partial charge in [-0.1, -0.05) is 30.3 Å². The minimum Gasteiger partial charge on any atom is -0.496 e. The van der Waals surface area contributed by atoms with Gasteiger partial charge in [0.15, 0.2) is 0 Å². The lowest BCUT2D eigenvalue weighted by atomic mass is 9.84. The molecule has 10 heteroatoms. The normalized spacial score (nSPS) is 18.0. The highest BCUT2D eigenvalue weighted by molar-refractivity contribution is 5.65. The van der Waals surface area contributed by atoms with Crippen LogP contribution in [0.15, 0.2) is 97.6 Å². The van der Waals surface area contributed by atoms with Gasteiger partial charge in [-0.3, -0.25) is 9.97 Å². The van der Waals surface area contributed by atoms with Gasteiger partial charge in [0.2, 0.25) is 0 Å². The van der Waals surface area contributed by atoms with Crippen molar-refractivity contribution in [3.8, 4) is 11.5 Å². The Balaban J connectivity index is 1.23. The molecular formula is C35H39N3O7. The summed E-state index contributed by atoms with van der Waals surface area (Å²) in [6.07, 6.45) is 5.73. The molecule has 236 valence electrons. The molecule has 0 spiro atoms. The molecule has 3 heterocycles. The number of nitrogens with zero attached hydrogens (tertiary/aromatic N) is 3. The second kappa shape index (κ2) is 16.5. The van der Waals surface area contributed by atoms with Crippen molar-refractivity contribution in [2.24, 2.45) is 0 Å². The molecule has 2 atom stereocenters. The average molecular weight is 614 g/mol. The SMILES string of the molecule is COc1ccccc1COCCCOc1ccc(C2C(OCc3ccncc3)CN(C(=O)O)CC2OCc2ccncc2)cc1. The molecule has 1 N–H and O–H groups in total. The van der Waals surface area contributed by atoms with Crippen molar-refractivity contribution in [1.29, 1.82) is 0 Å². The van der Waals surface area contributed by atoms with Crippen molar-refractivity contribution in [3.05, 3.63) is 120 Å². The Morgan fingerprint density at radius 3 is 1.98 bits per heavy atom. The van der Waals surface area contributed by atoms with Crippen molar-refractivity contribution in [2.45, 2.75) is 44.4 Å². The van der Waals surface area contributed by atoms with Crippen molar-refractivity contribution in [1.82, 2.24) is 14.9 Å². The van der Waals surface area contributed by atoms with Crippen LogP contribution < -0.4 is 9.47 Å². The van der Waals surface area contributed by atoms with E-state index in [1.807, 2.05) is 72.8 Å². The fourth-order valence-corrected chi connectivity index (χ4v) is 5.38. The lowest BCUT2D eigenvalue weighted by Gasteiger charge is -2.42. The number of pyridine rings is 2. The number of aromatic nitrogens is 2. The fourth-order valence-electron chi connectivity index (χ4n) is 5.38. The van der Waals surface area contributed by atoms with Crippen LogP contribution >= 0.6 is 0 Å². The zero-order chi connectivity index (χ0) is 31.3. The predicted octanol–water partition coefficient (Wildman–Crippen LogP) is 5.72. The van der Waals surface area contributed by atoms with E-state index < -0.39 is 18.3 Å². The van der Waals surface area contributed by atoms with Crippen LogP contribution in [0.25, 0.3) is 0 Å². The minimum atomic E-state index is -1.00. The number of para-hydroxylation sites is 1. The first-order valence-corrected chi connectivity index (χ1v) is 15.0. The Hall–Kier alpha value is -4.51. The summed E-state index contributed by atoms with van der Waals surface area (Å²) in [6.45, 7) is 2.67. The van der Waals surface area contributed by atoms with Crippen LogP contribution in [0.3, 0.4) is 0 Å². The Morgan fingerprint density at radius 2 is 1.40 bits per heavy atom. The molecule has 2 unspecified atom stereocenters. The quantitative estimate of drug-likeness (QED) is 0.168. The molecule has 0 saturated carbocycles. The van der Waals surface area contributed by atoms with Gasteiger partial charge < -0.3 is 33.7 Å². The molecular weight excluding hydrogens is 574 g/mol. The van der Waals surface area contributed by atoms with E-state index in [9.17, 15) is 9.90 Å². The molecule has 45 heavy (non-hydrogen) atoms. The maximum Gasteiger partial charge on any atom is 0.407 e. The first-order chi connectivity index (χ1) is 22.1. The van der Waals surface area contributed by atoms with Gasteiger partial charge in [0.05, 0.1) is 65.4 Å². The number of methoxy groups -OCH3 is 1. The van der Waals surface area contributed by atoms with Crippen LogP contribution in [0.1, 0.15) is 34.6 Å².